The number of aromatic nitrogens is 1. The maximum Gasteiger partial charge on any atom is 0.248 e. The average Bonchev–Trinajstić information content (AvgIpc) is 3.32. The second kappa shape index (κ2) is 15.1. The fraction of sp³-hybridized carbons (Fsp3) is 0.571. The van der Waals surface area contributed by atoms with Crippen molar-refractivity contribution in [3.63, 3.8) is 0 Å². The van der Waals surface area contributed by atoms with Crippen molar-refractivity contribution in [1.29, 1.82) is 0 Å². The lowest BCUT2D eigenvalue weighted by atomic mass is 9.97. The number of carbonyl (C=O) groups excluding carboxylic acids is 3. The third-order valence-corrected chi connectivity index (χ3v) is 6.31. The molecular weight excluding hydrogens is 504 g/mol. The van der Waals surface area contributed by atoms with Gasteiger partial charge >= 0.3 is 0 Å². The van der Waals surface area contributed by atoms with E-state index in [0.29, 0.717) is 48.9 Å². The lowest BCUT2D eigenvalue weighted by molar-refractivity contribution is -0.142. The number of para-hydroxylation sites is 1. The van der Waals surface area contributed by atoms with Crippen molar-refractivity contribution in [3.05, 3.63) is 35.6 Å². The Kier molecular flexibility index (Phi) is 12.2. The first-order chi connectivity index (χ1) is 18.6. The van der Waals surface area contributed by atoms with E-state index >= 15 is 0 Å². The highest BCUT2D eigenvalue weighted by atomic mass is 16.5. The van der Waals surface area contributed by atoms with Crippen molar-refractivity contribution in [2.75, 3.05) is 39.3 Å². The number of nitrogens with one attached hydrogen (secondary N) is 2. The molecule has 11 heteroatoms. The number of carbonyl (C=O) groups is 3. The molecule has 11 nitrogen and oxygen atoms in total. The summed E-state index contributed by atoms with van der Waals surface area (Å²) in [7, 11) is 3.00. The van der Waals surface area contributed by atoms with Gasteiger partial charge in [-0.15, -0.1) is 0 Å². The molecule has 0 spiro atoms. The molecule has 0 aliphatic rings. The highest BCUT2D eigenvalue weighted by Crippen LogP contribution is 2.38. The smallest absolute Gasteiger partial charge is 0.248 e. The summed E-state index contributed by atoms with van der Waals surface area (Å²) in [6.07, 6.45) is 0.958. The van der Waals surface area contributed by atoms with E-state index in [1.165, 1.54) is 19.1 Å². The lowest BCUT2D eigenvalue weighted by Crippen LogP contribution is -2.50. The first-order valence-electron chi connectivity index (χ1n) is 13.2. The molecule has 3 amide bonds. The van der Waals surface area contributed by atoms with E-state index in [4.69, 9.17) is 18.7 Å². The quantitative estimate of drug-likeness (QED) is 0.302. The highest BCUT2D eigenvalue weighted by Gasteiger charge is 2.36. The van der Waals surface area contributed by atoms with Crippen LogP contribution in [0.2, 0.25) is 0 Å². The standard InChI is InChI=1S/C28H42N4O7/c1-8-28(4,5)30-27(35)25(20-12-10-13-21(36-6)26(20)37-7)32(16-11-17-38-9-2)24(34)15-14-23(33)29-22-18-19(3)39-31-22/h10,12-13,18,25H,8-9,11,14-17H2,1-7H3,(H,30,35)(H,29,31,33)/t25-/m0/s1. The molecule has 39 heavy (non-hydrogen) atoms. The zero-order valence-corrected chi connectivity index (χ0v) is 24.1. The van der Waals surface area contributed by atoms with Gasteiger partial charge in [0.1, 0.15) is 11.8 Å². The predicted molar refractivity (Wildman–Crippen MR) is 147 cm³/mol. The molecular formula is C28H42N4O7. The lowest BCUT2D eigenvalue weighted by Gasteiger charge is -2.35. The van der Waals surface area contributed by atoms with E-state index < -0.39 is 17.5 Å². The molecule has 1 aromatic heterocycles. The SMILES string of the molecule is CCOCCCN(C(=O)CCC(=O)Nc1cc(C)on1)[C@H](C(=O)NC(C)(C)CC)c1cccc(OC)c1OC. The Morgan fingerprint density at radius 3 is 2.46 bits per heavy atom. The van der Waals surface area contributed by atoms with Crippen molar-refractivity contribution in [2.45, 2.75) is 71.9 Å². The van der Waals surface area contributed by atoms with Crippen LogP contribution in [0.4, 0.5) is 5.82 Å². The molecule has 2 aromatic rings. The number of methoxy groups -OCH3 is 2. The van der Waals surface area contributed by atoms with Crippen LogP contribution >= 0.6 is 0 Å². The van der Waals surface area contributed by atoms with Crippen LogP contribution < -0.4 is 20.1 Å². The Morgan fingerprint density at radius 2 is 1.87 bits per heavy atom. The van der Waals surface area contributed by atoms with Crippen LogP contribution in [0.5, 0.6) is 11.5 Å². The molecule has 0 saturated heterocycles. The van der Waals surface area contributed by atoms with Crippen LogP contribution in [0.3, 0.4) is 0 Å². The van der Waals surface area contributed by atoms with Gasteiger partial charge in [-0.25, -0.2) is 0 Å². The predicted octanol–water partition coefficient (Wildman–Crippen LogP) is 4.02. The minimum atomic E-state index is -1.03. The minimum Gasteiger partial charge on any atom is -0.493 e. The Hall–Kier alpha value is -3.60. The molecule has 0 saturated carbocycles. The van der Waals surface area contributed by atoms with Gasteiger partial charge in [-0.05, 0) is 46.6 Å². The Balaban J connectivity index is 2.42. The van der Waals surface area contributed by atoms with Gasteiger partial charge in [0.05, 0.1) is 14.2 Å². The van der Waals surface area contributed by atoms with Crippen molar-refractivity contribution in [3.8, 4) is 11.5 Å². The van der Waals surface area contributed by atoms with Crippen molar-refractivity contribution < 1.29 is 33.1 Å². The van der Waals surface area contributed by atoms with Crippen LogP contribution in [0.15, 0.2) is 28.8 Å². The summed E-state index contributed by atoms with van der Waals surface area (Å²) >= 11 is 0. The summed E-state index contributed by atoms with van der Waals surface area (Å²) in [5.41, 5.74) is -0.0367. The number of amides is 3. The summed E-state index contributed by atoms with van der Waals surface area (Å²) in [6, 6.07) is 5.77. The van der Waals surface area contributed by atoms with Gasteiger partial charge in [-0.2, -0.15) is 0 Å². The summed E-state index contributed by atoms with van der Waals surface area (Å²) < 4.78 is 21.6. The molecule has 1 heterocycles. The van der Waals surface area contributed by atoms with Gasteiger partial charge < -0.3 is 34.3 Å². The molecule has 0 bridgehead atoms. The van der Waals surface area contributed by atoms with Crippen LogP contribution in [-0.2, 0) is 19.1 Å². The van der Waals surface area contributed by atoms with Crippen molar-refractivity contribution in [1.82, 2.24) is 15.4 Å². The fourth-order valence-corrected chi connectivity index (χ4v) is 3.94. The van der Waals surface area contributed by atoms with Gasteiger partial charge in [0.2, 0.25) is 17.7 Å². The fourth-order valence-electron chi connectivity index (χ4n) is 3.94. The number of benzene rings is 1. The Labute approximate surface area is 230 Å². The zero-order valence-electron chi connectivity index (χ0n) is 24.1. The Bertz CT molecular complexity index is 1100. The average molecular weight is 547 g/mol. The maximum absolute atomic E-state index is 13.9. The number of hydrogen-bond donors (Lipinski definition) is 2. The molecule has 1 atom stereocenters. The highest BCUT2D eigenvalue weighted by molar-refractivity contribution is 5.94. The van der Waals surface area contributed by atoms with E-state index in [-0.39, 0.29) is 37.0 Å². The largest absolute Gasteiger partial charge is 0.493 e. The minimum absolute atomic E-state index is 0.100. The molecule has 2 rings (SSSR count). The molecule has 216 valence electrons. The second-order valence-electron chi connectivity index (χ2n) is 9.72. The second-order valence-corrected chi connectivity index (χ2v) is 9.72. The van der Waals surface area contributed by atoms with E-state index in [1.807, 2.05) is 27.7 Å². The molecule has 2 N–H and O–H groups in total. The number of nitrogens with zero attached hydrogens (tertiary/aromatic N) is 2. The van der Waals surface area contributed by atoms with Gasteiger partial charge in [0, 0.05) is 49.8 Å². The summed E-state index contributed by atoms with van der Waals surface area (Å²) in [4.78, 5) is 41.6. The van der Waals surface area contributed by atoms with E-state index in [9.17, 15) is 14.4 Å². The molecule has 0 radical (unpaired) electrons. The Morgan fingerprint density at radius 1 is 1.13 bits per heavy atom. The summed E-state index contributed by atoms with van der Waals surface area (Å²) in [6.45, 7) is 10.6. The first kappa shape index (κ1) is 31.6. The number of anilines is 1. The topological polar surface area (TPSA) is 132 Å². The third kappa shape index (κ3) is 9.27. The molecule has 0 aliphatic heterocycles. The van der Waals surface area contributed by atoms with E-state index in [0.717, 1.165) is 0 Å². The summed E-state index contributed by atoms with van der Waals surface area (Å²) in [5.74, 6) is 0.510. The van der Waals surface area contributed by atoms with Crippen LogP contribution in [0, 0.1) is 6.92 Å². The third-order valence-electron chi connectivity index (χ3n) is 6.31. The molecule has 0 fully saturated rings. The van der Waals surface area contributed by atoms with Gasteiger partial charge in [0.15, 0.2) is 17.3 Å². The molecule has 0 unspecified atom stereocenters. The van der Waals surface area contributed by atoms with Crippen LogP contribution in [0.25, 0.3) is 0 Å². The van der Waals surface area contributed by atoms with Gasteiger partial charge in [0.25, 0.3) is 0 Å². The monoisotopic (exact) mass is 546 g/mol. The maximum atomic E-state index is 13.9. The number of rotatable bonds is 16. The first-order valence-corrected chi connectivity index (χ1v) is 13.2. The summed E-state index contributed by atoms with van der Waals surface area (Å²) in [5, 5.41) is 9.44. The zero-order chi connectivity index (χ0) is 29.0. The number of hydrogen-bond acceptors (Lipinski definition) is 8. The van der Waals surface area contributed by atoms with Crippen LogP contribution in [0.1, 0.15) is 70.7 Å². The van der Waals surface area contributed by atoms with Crippen LogP contribution in [-0.4, -0.2) is 67.3 Å². The number of aryl methyl sites for hydroxylation is 1. The molecule has 0 aliphatic carbocycles. The van der Waals surface area contributed by atoms with Gasteiger partial charge in [-0.1, -0.05) is 24.2 Å². The van der Waals surface area contributed by atoms with Crippen molar-refractivity contribution in [2.24, 2.45) is 0 Å². The van der Waals surface area contributed by atoms with E-state index in [2.05, 4.69) is 15.8 Å². The van der Waals surface area contributed by atoms with Crippen molar-refractivity contribution >= 4 is 23.5 Å². The van der Waals surface area contributed by atoms with Gasteiger partial charge in [-0.3, -0.25) is 14.4 Å². The normalized spacial score (nSPS) is 12.0. The van der Waals surface area contributed by atoms with E-state index in [1.54, 1.807) is 31.2 Å². The molecule has 1 aromatic carbocycles. The number of ether oxygens (including phenoxy) is 3.